The Balaban J connectivity index is 1.69. The molecule has 0 atom stereocenters. The zero-order valence-electron chi connectivity index (χ0n) is 11.9. The van der Waals surface area contributed by atoms with Crippen LogP contribution in [-0.4, -0.2) is 18.5 Å². The van der Waals surface area contributed by atoms with Gasteiger partial charge in [-0.1, -0.05) is 42.5 Å². The van der Waals surface area contributed by atoms with Gasteiger partial charge in [-0.2, -0.15) is 0 Å². The molecule has 0 aromatic heterocycles. The molecule has 114 valence electrons. The number of carbonyl (C=O) groups excluding carboxylic acids is 2. The summed E-state index contributed by atoms with van der Waals surface area (Å²) in [6.45, 7) is 0.0576. The van der Waals surface area contributed by atoms with Crippen LogP contribution >= 0.6 is 0 Å². The molecule has 0 saturated heterocycles. The van der Waals surface area contributed by atoms with Gasteiger partial charge in [0.1, 0.15) is 5.82 Å². The Kier molecular flexibility index (Phi) is 5.65. The lowest BCUT2D eigenvalue weighted by Crippen LogP contribution is -2.28. The molecule has 0 heterocycles. The highest BCUT2D eigenvalue weighted by atomic mass is 19.1. The van der Waals surface area contributed by atoms with Crippen LogP contribution in [0.4, 0.5) is 4.39 Å². The van der Waals surface area contributed by atoms with E-state index in [2.05, 4.69) is 5.32 Å². The SMILES string of the molecule is O=C(COC(=O)Cc1ccc(F)cc1)NCc1ccccc1. The van der Waals surface area contributed by atoms with E-state index in [4.69, 9.17) is 4.74 Å². The first-order chi connectivity index (χ1) is 10.6. The van der Waals surface area contributed by atoms with Crippen LogP contribution in [0.3, 0.4) is 0 Å². The smallest absolute Gasteiger partial charge is 0.310 e. The van der Waals surface area contributed by atoms with Crippen molar-refractivity contribution >= 4 is 11.9 Å². The fourth-order valence-corrected chi connectivity index (χ4v) is 1.81. The van der Waals surface area contributed by atoms with Crippen molar-refractivity contribution in [3.8, 4) is 0 Å². The molecule has 2 rings (SSSR count). The minimum Gasteiger partial charge on any atom is -0.455 e. The molecule has 2 aromatic rings. The second-order valence-electron chi connectivity index (χ2n) is 4.73. The van der Waals surface area contributed by atoms with E-state index in [0.717, 1.165) is 5.56 Å². The number of benzene rings is 2. The Bertz CT molecular complexity index is 626. The minimum absolute atomic E-state index is 0.00620. The molecule has 0 aliphatic heterocycles. The third-order valence-electron chi connectivity index (χ3n) is 2.96. The molecule has 4 nitrogen and oxygen atoms in total. The van der Waals surface area contributed by atoms with E-state index in [0.29, 0.717) is 12.1 Å². The van der Waals surface area contributed by atoms with Gasteiger partial charge in [-0.15, -0.1) is 0 Å². The second kappa shape index (κ2) is 7.93. The van der Waals surface area contributed by atoms with Crippen molar-refractivity contribution in [3.63, 3.8) is 0 Å². The van der Waals surface area contributed by atoms with Gasteiger partial charge in [0.05, 0.1) is 6.42 Å². The van der Waals surface area contributed by atoms with Crippen molar-refractivity contribution in [3.05, 3.63) is 71.5 Å². The zero-order valence-corrected chi connectivity index (χ0v) is 11.9. The fourth-order valence-electron chi connectivity index (χ4n) is 1.81. The third kappa shape index (κ3) is 5.36. The summed E-state index contributed by atoms with van der Waals surface area (Å²) < 4.78 is 17.6. The van der Waals surface area contributed by atoms with Crippen LogP contribution in [-0.2, 0) is 27.3 Å². The van der Waals surface area contributed by atoms with E-state index < -0.39 is 5.97 Å². The molecule has 0 unspecified atom stereocenters. The average molecular weight is 301 g/mol. The van der Waals surface area contributed by atoms with E-state index in [9.17, 15) is 14.0 Å². The van der Waals surface area contributed by atoms with Gasteiger partial charge in [0.15, 0.2) is 6.61 Å². The molecule has 0 saturated carbocycles. The Morgan fingerprint density at radius 2 is 1.64 bits per heavy atom. The first kappa shape index (κ1) is 15.7. The summed E-state index contributed by atoms with van der Waals surface area (Å²) in [5, 5.41) is 2.66. The number of halogens is 1. The lowest BCUT2D eigenvalue weighted by atomic mass is 10.1. The highest BCUT2D eigenvalue weighted by Crippen LogP contribution is 2.04. The molecule has 0 radical (unpaired) electrons. The topological polar surface area (TPSA) is 55.4 Å². The van der Waals surface area contributed by atoms with E-state index in [1.807, 2.05) is 30.3 Å². The first-order valence-corrected chi connectivity index (χ1v) is 6.84. The molecule has 2 aromatic carbocycles. The van der Waals surface area contributed by atoms with Crippen molar-refractivity contribution in [1.82, 2.24) is 5.32 Å². The largest absolute Gasteiger partial charge is 0.455 e. The number of ether oxygens (including phenoxy) is 1. The lowest BCUT2D eigenvalue weighted by Gasteiger charge is -2.07. The predicted octanol–water partition coefficient (Wildman–Crippen LogP) is 2.23. The first-order valence-electron chi connectivity index (χ1n) is 6.84. The summed E-state index contributed by atoms with van der Waals surface area (Å²) in [6, 6.07) is 15.0. The van der Waals surface area contributed by atoms with Crippen LogP contribution in [0.5, 0.6) is 0 Å². The molecular formula is C17H16FNO3. The molecule has 22 heavy (non-hydrogen) atoms. The molecule has 0 bridgehead atoms. The third-order valence-corrected chi connectivity index (χ3v) is 2.96. The van der Waals surface area contributed by atoms with Crippen LogP contribution in [0, 0.1) is 5.82 Å². The van der Waals surface area contributed by atoms with Crippen molar-refractivity contribution in [2.45, 2.75) is 13.0 Å². The van der Waals surface area contributed by atoms with E-state index in [1.54, 1.807) is 0 Å². The summed E-state index contributed by atoms with van der Waals surface area (Å²) in [5.41, 5.74) is 1.60. The molecular weight excluding hydrogens is 285 g/mol. The summed E-state index contributed by atoms with van der Waals surface area (Å²) in [5.74, 6) is -1.25. The summed E-state index contributed by atoms with van der Waals surface area (Å²) >= 11 is 0. The maximum Gasteiger partial charge on any atom is 0.310 e. The summed E-state index contributed by atoms with van der Waals surface area (Å²) in [6.07, 6.45) is 0.00620. The van der Waals surface area contributed by atoms with Gasteiger partial charge < -0.3 is 10.1 Å². The summed E-state index contributed by atoms with van der Waals surface area (Å²) in [4.78, 5) is 23.2. The number of esters is 1. The number of carbonyl (C=O) groups is 2. The Labute approximate surface area is 127 Å². The van der Waals surface area contributed by atoms with E-state index in [1.165, 1.54) is 24.3 Å². The van der Waals surface area contributed by atoms with Gasteiger partial charge in [0.2, 0.25) is 0 Å². The summed E-state index contributed by atoms with van der Waals surface area (Å²) in [7, 11) is 0. The van der Waals surface area contributed by atoms with Gasteiger partial charge in [-0.25, -0.2) is 4.39 Å². The van der Waals surface area contributed by atoms with Crippen LogP contribution in [0.2, 0.25) is 0 Å². The van der Waals surface area contributed by atoms with Gasteiger partial charge in [-0.3, -0.25) is 9.59 Å². The maximum atomic E-state index is 12.7. The van der Waals surface area contributed by atoms with Crippen molar-refractivity contribution in [1.29, 1.82) is 0 Å². The Morgan fingerprint density at radius 3 is 2.32 bits per heavy atom. The highest BCUT2D eigenvalue weighted by Gasteiger charge is 2.08. The maximum absolute atomic E-state index is 12.7. The standard InChI is InChI=1S/C17H16FNO3/c18-15-8-6-13(7-9-15)10-17(21)22-12-16(20)19-11-14-4-2-1-3-5-14/h1-9H,10-12H2,(H,19,20). The molecule has 0 fully saturated rings. The van der Waals surface area contributed by atoms with Crippen molar-refractivity contribution in [2.24, 2.45) is 0 Å². The quantitative estimate of drug-likeness (QED) is 0.832. The fraction of sp³-hybridized carbons (Fsp3) is 0.176. The van der Waals surface area contributed by atoms with Gasteiger partial charge >= 0.3 is 5.97 Å². The van der Waals surface area contributed by atoms with Gasteiger partial charge in [0, 0.05) is 6.54 Å². The molecule has 0 spiro atoms. The number of nitrogens with one attached hydrogen (secondary N) is 1. The molecule has 0 aliphatic rings. The number of amides is 1. The average Bonchev–Trinajstić information content (AvgIpc) is 2.54. The lowest BCUT2D eigenvalue weighted by molar-refractivity contribution is -0.147. The van der Waals surface area contributed by atoms with Crippen LogP contribution in [0.15, 0.2) is 54.6 Å². The van der Waals surface area contributed by atoms with E-state index in [-0.39, 0.29) is 24.8 Å². The van der Waals surface area contributed by atoms with Crippen LogP contribution < -0.4 is 5.32 Å². The Morgan fingerprint density at radius 1 is 0.955 bits per heavy atom. The molecule has 0 aliphatic carbocycles. The molecule has 1 N–H and O–H groups in total. The highest BCUT2D eigenvalue weighted by molar-refractivity contribution is 5.81. The predicted molar refractivity (Wildman–Crippen MR) is 79.4 cm³/mol. The molecule has 5 heteroatoms. The Hall–Kier alpha value is -2.69. The van der Waals surface area contributed by atoms with E-state index >= 15 is 0 Å². The number of hydrogen-bond donors (Lipinski definition) is 1. The second-order valence-corrected chi connectivity index (χ2v) is 4.73. The zero-order chi connectivity index (χ0) is 15.8. The monoisotopic (exact) mass is 301 g/mol. The van der Waals surface area contributed by atoms with Crippen LogP contribution in [0.1, 0.15) is 11.1 Å². The minimum atomic E-state index is -0.526. The van der Waals surface area contributed by atoms with Crippen molar-refractivity contribution in [2.75, 3.05) is 6.61 Å². The number of hydrogen-bond acceptors (Lipinski definition) is 3. The van der Waals surface area contributed by atoms with Crippen LogP contribution in [0.25, 0.3) is 0 Å². The van der Waals surface area contributed by atoms with Crippen molar-refractivity contribution < 1.29 is 18.7 Å². The number of rotatable bonds is 6. The van der Waals surface area contributed by atoms with Gasteiger partial charge in [0.25, 0.3) is 5.91 Å². The normalized spacial score (nSPS) is 10.0. The molecule has 1 amide bonds. The van der Waals surface area contributed by atoms with Gasteiger partial charge in [-0.05, 0) is 23.3 Å².